The van der Waals surface area contributed by atoms with Gasteiger partial charge in [0.1, 0.15) is 11.3 Å². The van der Waals surface area contributed by atoms with E-state index >= 15 is 0 Å². The van der Waals surface area contributed by atoms with Gasteiger partial charge in [0.15, 0.2) is 5.65 Å². The Morgan fingerprint density at radius 3 is 2.43 bits per heavy atom. The number of likely N-dealkylation sites (tertiary alicyclic amines) is 2. The molecule has 2 fully saturated rings. The lowest BCUT2D eigenvalue weighted by Crippen LogP contribution is -2.52. The van der Waals surface area contributed by atoms with E-state index in [2.05, 4.69) is 84.8 Å². The van der Waals surface area contributed by atoms with Crippen molar-refractivity contribution in [2.45, 2.75) is 84.5 Å². The first kappa shape index (κ1) is 24.3. The van der Waals surface area contributed by atoms with E-state index in [0.29, 0.717) is 12.1 Å². The molecule has 0 aliphatic carbocycles. The lowest BCUT2D eigenvalue weighted by atomic mass is 9.93. The molecule has 1 N–H and O–H groups in total. The molecule has 3 aromatic rings. The van der Waals surface area contributed by atoms with Crippen LogP contribution in [0.5, 0.6) is 0 Å². The van der Waals surface area contributed by atoms with Gasteiger partial charge in [-0.15, -0.1) is 0 Å². The van der Waals surface area contributed by atoms with Gasteiger partial charge in [0.05, 0.1) is 6.54 Å². The van der Waals surface area contributed by atoms with Gasteiger partial charge in [-0.05, 0) is 95.9 Å². The molecule has 6 nitrogen and oxygen atoms in total. The maximum atomic E-state index is 4.90. The van der Waals surface area contributed by atoms with Crippen molar-refractivity contribution >= 4 is 16.9 Å². The number of aryl methyl sites for hydroxylation is 3. The van der Waals surface area contributed by atoms with Crippen molar-refractivity contribution in [2.75, 3.05) is 32.0 Å². The monoisotopic (exact) mass is 474 g/mol. The van der Waals surface area contributed by atoms with Gasteiger partial charge < -0.3 is 14.8 Å². The Labute approximate surface area is 210 Å². The van der Waals surface area contributed by atoms with Crippen LogP contribution in [0.1, 0.15) is 62.2 Å². The Balaban J connectivity index is 1.22. The van der Waals surface area contributed by atoms with Gasteiger partial charge in [0.25, 0.3) is 0 Å². The second-order valence-electron chi connectivity index (χ2n) is 10.9. The summed E-state index contributed by atoms with van der Waals surface area (Å²) in [5, 5.41) is 3.83. The first-order chi connectivity index (χ1) is 16.9. The molecular formula is C29H42N6. The molecule has 0 saturated carbocycles. The number of imidazole rings is 1. The highest BCUT2D eigenvalue weighted by Gasteiger charge is 2.31. The van der Waals surface area contributed by atoms with Gasteiger partial charge in [-0.25, -0.2) is 9.97 Å². The largest absolute Gasteiger partial charge is 0.382 e. The zero-order valence-electron chi connectivity index (χ0n) is 22.2. The van der Waals surface area contributed by atoms with Crippen molar-refractivity contribution in [3.05, 3.63) is 53.0 Å². The summed E-state index contributed by atoms with van der Waals surface area (Å²) in [5.74, 6) is 1.11. The number of rotatable bonds is 6. The topological polar surface area (TPSA) is 49.2 Å². The van der Waals surface area contributed by atoms with Crippen LogP contribution in [0, 0.1) is 13.8 Å². The molecule has 1 aromatic carbocycles. The van der Waals surface area contributed by atoms with Crippen molar-refractivity contribution in [3.8, 4) is 0 Å². The number of pyridine rings is 1. The molecule has 188 valence electrons. The molecule has 0 bridgehead atoms. The minimum atomic E-state index is 0.554. The molecule has 0 radical (unpaired) electrons. The Morgan fingerprint density at radius 1 is 1.00 bits per heavy atom. The minimum absolute atomic E-state index is 0.554. The average Bonchev–Trinajstić information content (AvgIpc) is 3.19. The molecule has 2 aliphatic rings. The SMILES string of the molecule is CCc1nc2c(C)cc(C)nc2n1Cc1ccc(NC2CCN(C3CCN(C)CC3)C(C)C2)cc1. The summed E-state index contributed by atoms with van der Waals surface area (Å²) < 4.78 is 2.29. The number of hydrogen-bond donors (Lipinski definition) is 1. The van der Waals surface area contributed by atoms with Crippen LogP contribution in [0.15, 0.2) is 30.3 Å². The molecule has 4 heterocycles. The van der Waals surface area contributed by atoms with Gasteiger partial charge >= 0.3 is 0 Å². The van der Waals surface area contributed by atoms with E-state index in [1.54, 1.807) is 0 Å². The van der Waals surface area contributed by atoms with E-state index in [1.807, 2.05) is 0 Å². The summed E-state index contributed by atoms with van der Waals surface area (Å²) in [5.41, 5.74) is 6.81. The van der Waals surface area contributed by atoms with Gasteiger partial charge in [-0.2, -0.15) is 0 Å². The van der Waals surface area contributed by atoms with E-state index in [4.69, 9.17) is 9.97 Å². The number of benzene rings is 1. The summed E-state index contributed by atoms with van der Waals surface area (Å²) in [6, 6.07) is 13.1. The third-order valence-electron chi connectivity index (χ3n) is 8.17. The van der Waals surface area contributed by atoms with E-state index in [0.717, 1.165) is 41.7 Å². The Kier molecular flexibility index (Phi) is 7.12. The van der Waals surface area contributed by atoms with Crippen LogP contribution in [0.4, 0.5) is 5.69 Å². The maximum Gasteiger partial charge on any atom is 0.160 e. The molecule has 6 heteroatoms. The van der Waals surface area contributed by atoms with Crippen LogP contribution in [-0.4, -0.2) is 69.1 Å². The predicted molar refractivity (Wildman–Crippen MR) is 145 cm³/mol. The van der Waals surface area contributed by atoms with E-state index in [1.165, 1.54) is 62.1 Å². The van der Waals surface area contributed by atoms with Crippen LogP contribution in [0.3, 0.4) is 0 Å². The fourth-order valence-electron chi connectivity index (χ4n) is 6.20. The van der Waals surface area contributed by atoms with Gasteiger partial charge in [-0.3, -0.25) is 4.90 Å². The van der Waals surface area contributed by atoms with Crippen molar-refractivity contribution in [1.82, 2.24) is 24.3 Å². The highest BCUT2D eigenvalue weighted by atomic mass is 15.2. The Morgan fingerprint density at radius 2 is 1.74 bits per heavy atom. The molecule has 2 aliphatic heterocycles. The summed E-state index contributed by atoms with van der Waals surface area (Å²) in [7, 11) is 2.25. The van der Waals surface area contributed by atoms with E-state index in [-0.39, 0.29) is 0 Å². The Hall–Kier alpha value is -2.44. The number of piperidine rings is 2. The average molecular weight is 475 g/mol. The molecule has 2 atom stereocenters. The quantitative estimate of drug-likeness (QED) is 0.544. The normalized spacial score (nSPS) is 22.7. The number of fused-ring (bicyclic) bond motifs is 1. The number of nitrogens with one attached hydrogen (secondary N) is 1. The maximum absolute atomic E-state index is 4.90. The molecule has 2 unspecified atom stereocenters. The van der Waals surface area contributed by atoms with Gasteiger partial charge in [0, 0.05) is 42.5 Å². The third-order valence-corrected chi connectivity index (χ3v) is 8.17. The predicted octanol–water partition coefficient (Wildman–Crippen LogP) is 5.02. The van der Waals surface area contributed by atoms with Gasteiger partial charge in [-0.1, -0.05) is 19.1 Å². The zero-order valence-corrected chi connectivity index (χ0v) is 22.2. The summed E-state index contributed by atoms with van der Waals surface area (Å²) >= 11 is 0. The number of anilines is 1. The zero-order chi connectivity index (χ0) is 24.5. The second-order valence-corrected chi connectivity index (χ2v) is 10.9. The smallest absolute Gasteiger partial charge is 0.160 e. The lowest BCUT2D eigenvalue weighted by molar-refractivity contribution is 0.0602. The summed E-state index contributed by atoms with van der Waals surface area (Å²) in [6.45, 7) is 13.3. The standard InChI is InChI=1S/C29H42N6/c1-6-27-32-28-20(2)17-21(3)30-29(28)35(27)19-23-7-9-24(10-8-23)31-25-11-16-34(22(4)18-25)26-12-14-33(5)15-13-26/h7-10,17,22,25-26,31H,6,11-16,18-19H2,1-5H3. The number of hydrogen-bond acceptors (Lipinski definition) is 5. The number of nitrogens with zero attached hydrogens (tertiary/aromatic N) is 5. The van der Waals surface area contributed by atoms with E-state index in [9.17, 15) is 0 Å². The minimum Gasteiger partial charge on any atom is -0.382 e. The fourth-order valence-corrected chi connectivity index (χ4v) is 6.20. The van der Waals surface area contributed by atoms with Crippen molar-refractivity contribution in [2.24, 2.45) is 0 Å². The molecule has 2 saturated heterocycles. The highest BCUT2D eigenvalue weighted by Crippen LogP contribution is 2.27. The van der Waals surface area contributed by atoms with Gasteiger partial charge in [0.2, 0.25) is 0 Å². The van der Waals surface area contributed by atoms with Crippen LogP contribution in [0.25, 0.3) is 11.2 Å². The molecule has 5 rings (SSSR count). The van der Waals surface area contributed by atoms with Crippen LogP contribution < -0.4 is 5.32 Å². The molecule has 0 amide bonds. The van der Waals surface area contributed by atoms with Crippen LogP contribution in [0.2, 0.25) is 0 Å². The third kappa shape index (κ3) is 5.24. The van der Waals surface area contributed by atoms with Crippen molar-refractivity contribution in [1.29, 1.82) is 0 Å². The first-order valence-electron chi connectivity index (χ1n) is 13.5. The molecule has 2 aromatic heterocycles. The summed E-state index contributed by atoms with van der Waals surface area (Å²) in [6.07, 6.45) is 5.99. The Bertz CT molecular complexity index is 1140. The lowest BCUT2D eigenvalue weighted by Gasteiger charge is -2.45. The van der Waals surface area contributed by atoms with E-state index < -0.39 is 0 Å². The van der Waals surface area contributed by atoms with Crippen molar-refractivity contribution < 1.29 is 0 Å². The molecule has 0 spiro atoms. The highest BCUT2D eigenvalue weighted by molar-refractivity contribution is 5.76. The van der Waals surface area contributed by atoms with Crippen LogP contribution in [-0.2, 0) is 13.0 Å². The van der Waals surface area contributed by atoms with Crippen molar-refractivity contribution in [3.63, 3.8) is 0 Å². The molecule has 35 heavy (non-hydrogen) atoms. The first-order valence-corrected chi connectivity index (χ1v) is 13.5. The fraction of sp³-hybridized carbons (Fsp3) is 0.586. The second kappa shape index (κ2) is 10.3. The number of aromatic nitrogens is 3. The van der Waals surface area contributed by atoms with Crippen LogP contribution >= 0.6 is 0 Å². The molecular weight excluding hydrogens is 432 g/mol. The summed E-state index contributed by atoms with van der Waals surface area (Å²) in [4.78, 5) is 15.0.